The smallest absolute Gasteiger partial charge is 0.339 e. The molecule has 0 radical (unpaired) electrons. The molecule has 7 nitrogen and oxygen atoms in total. The molecule has 2 aliphatic rings. The lowest BCUT2D eigenvalue weighted by Gasteiger charge is -2.26. The number of carbonyl (C=O) groups is 2. The Bertz CT molecular complexity index is 1830. The third-order valence-electron chi connectivity index (χ3n) is 7.89. The van der Waals surface area contributed by atoms with Gasteiger partial charge in [0, 0.05) is 28.2 Å². The fourth-order valence-corrected chi connectivity index (χ4v) is 5.78. The van der Waals surface area contributed by atoms with Crippen molar-refractivity contribution in [1.29, 1.82) is 0 Å². The Morgan fingerprint density at radius 3 is 1.63 bits per heavy atom. The summed E-state index contributed by atoms with van der Waals surface area (Å²) >= 11 is 0. The van der Waals surface area contributed by atoms with Gasteiger partial charge in [0.15, 0.2) is 23.7 Å². The quantitative estimate of drug-likeness (QED) is 0.186. The summed E-state index contributed by atoms with van der Waals surface area (Å²) in [5.41, 5.74) is 7.28. The summed E-state index contributed by atoms with van der Waals surface area (Å²) in [6, 6.07) is 37.0. The van der Waals surface area contributed by atoms with Crippen LogP contribution in [-0.4, -0.2) is 26.2 Å². The van der Waals surface area contributed by atoms with Crippen molar-refractivity contribution in [3.63, 3.8) is 0 Å². The number of benzene rings is 5. The average molecular weight is 570 g/mol. The molecule has 2 aliphatic heterocycles. The summed E-state index contributed by atoms with van der Waals surface area (Å²) in [5, 5.41) is 0. The summed E-state index contributed by atoms with van der Waals surface area (Å²) in [7, 11) is 3.10. The SMILES string of the molecule is COc1cc2c(cc1OC)C(c1ccc(N(c3ccccc3)c3ccc(C4OC(=O)c5ccccc54)cc3)cc1)OC2=O. The zero-order valence-corrected chi connectivity index (χ0v) is 23.5. The molecule has 5 aromatic rings. The number of para-hydroxylation sites is 1. The number of methoxy groups -OCH3 is 2. The number of fused-ring (bicyclic) bond motifs is 2. The van der Waals surface area contributed by atoms with Crippen LogP contribution < -0.4 is 14.4 Å². The number of hydrogen-bond acceptors (Lipinski definition) is 7. The lowest BCUT2D eigenvalue weighted by molar-refractivity contribution is 0.0446. The Labute approximate surface area is 248 Å². The summed E-state index contributed by atoms with van der Waals surface area (Å²) in [4.78, 5) is 27.3. The maximum atomic E-state index is 12.7. The van der Waals surface area contributed by atoms with Gasteiger partial charge in [0.2, 0.25) is 0 Å². The lowest BCUT2D eigenvalue weighted by atomic mass is 9.98. The maximum absolute atomic E-state index is 12.7. The highest BCUT2D eigenvalue weighted by Gasteiger charge is 2.35. The second-order valence-electron chi connectivity index (χ2n) is 10.3. The normalized spacial score (nSPS) is 16.6. The van der Waals surface area contributed by atoms with Crippen LogP contribution in [0.1, 0.15) is 55.2 Å². The highest BCUT2D eigenvalue weighted by atomic mass is 16.6. The number of nitrogens with zero attached hydrogens (tertiary/aromatic N) is 1. The van der Waals surface area contributed by atoms with Crippen LogP contribution in [0.4, 0.5) is 17.1 Å². The fraction of sp³-hybridized carbons (Fsp3) is 0.111. The molecule has 0 spiro atoms. The Kier molecular flexibility index (Phi) is 6.55. The van der Waals surface area contributed by atoms with Crippen molar-refractivity contribution < 1.29 is 28.5 Å². The van der Waals surface area contributed by atoms with Gasteiger partial charge in [-0.15, -0.1) is 0 Å². The molecule has 0 bridgehead atoms. The molecule has 2 atom stereocenters. The maximum Gasteiger partial charge on any atom is 0.339 e. The largest absolute Gasteiger partial charge is 0.493 e. The van der Waals surface area contributed by atoms with Crippen molar-refractivity contribution in [1.82, 2.24) is 0 Å². The van der Waals surface area contributed by atoms with Crippen LogP contribution in [0.15, 0.2) is 115 Å². The molecule has 0 amide bonds. The molecule has 2 heterocycles. The van der Waals surface area contributed by atoms with E-state index in [1.54, 1.807) is 25.3 Å². The summed E-state index contributed by atoms with van der Waals surface area (Å²) in [6.07, 6.45) is -0.990. The number of carbonyl (C=O) groups excluding carboxylic acids is 2. The number of ether oxygens (including phenoxy) is 4. The second kappa shape index (κ2) is 10.7. The second-order valence-corrected chi connectivity index (χ2v) is 10.3. The van der Waals surface area contributed by atoms with Crippen LogP contribution in [0.25, 0.3) is 0 Å². The van der Waals surface area contributed by atoms with Crippen LogP contribution in [0.5, 0.6) is 11.5 Å². The van der Waals surface area contributed by atoms with Gasteiger partial charge in [-0.25, -0.2) is 9.59 Å². The fourth-order valence-electron chi connectivity index (χ4n) is 5.78. The van der Waals surface area contributed by atoms with Gasteiger partial charge in [-0.2, -0.15) is 0 Å². The van der Waals surface area contributed by atoms with Crippen molar-refractivity contribution in [2.45, 2.75) is 12.2 Å². The molecule has 212 valence electrons. The van der Waals surface area contributed by atoms with Crippen molar-refractivity contribution in [3.05, 3.63) is 149 Å². The molecule has 43 heavy (non-hydrogen) atoms. The van der Waals surface area contributed by atoms with E-state index < -0.39 is 18.2 Å². The van der Waals surface area contributed by atoms with Crippen LogP contribution >= 0.6 is 0 Å². The van der Waals surface area contributed by atoms with Gasteiger partial charge in [0.25, 0.3) is 0 Å². The Morgan fingerprint density at radius 2 is 1.02 bits per heavy atom. The topological polar surface area (TPSA) is 74.3 Å². The molecule has 5 aromatic carbocycles. The van der Waals surface area contributed by atoms with E-state index in [1.807, 2.05) is 97.1 Å². The van der Waals surface area contributed by atoms with Gasteiger partial charge in [-0.1, -0.05) is 60.7 Å². The minimum absolute atomic E-state index is 0.302. The van der Waals surface area contributed by atoms with Crippen LogP contribution in [0.2, 0.25) is 0 Å². The van der Waals surface area contributed by atoms with Crippen LogP contribution in [0, 0.1) is 0 Å². The summed E-state index contributed by atoms with van der Waals surface area (Å²) < 4.78 is 22.3. The van der Waals surface area contributed by atoms with Gasteiger partial charge in [0.05, 0.1) is 25.3 Å². The molecular formula is C36H27NO6. The van der Waals surface area contributed by atoms with E-state index >= 15 is 0 Å². The predicted molar refractivity (Wildman–Crippen MR) is 162 cm³/mol. The van der Waals surface area contributed by atoms with E-state index in [-0.39, 0.29) is 5.97 Å². The molecule has 0 aromatic heterocycles. The Hall–Kier alpha value is -5.56. The highest BCUT2D eigenvalue weighted by Crippen LogP contribution is 2.43. The number of rotatable bonds is 7. The van der Waals surface area contributed by atoms with E-state index in [1.165, 1.54) is 7.11 Å². The lowest BCUT2D eigenvalue weighted by Crippen LogP contribution is -2.11. The van der Waals surface area contributed by atoms with Gasteiger partial charge in [0.1, 0.15) is 0 Å². The van der Waals surface area contributed by atoms with Gasteiger partial charge >= 0.3 is 11.9 Å². The average Bonchev–Trinajstić information content (AvgIpc) is 3.57. The van der Waals surface area contributed by atoms with E-state index in [9.17, 15) is 9.59 Å². The first-order valence-electron chi connectivity index (χ1n) is 13.9. The molecule has 7 rings (SSSR count). The van der Waals surface area contributed by atoms with E-state index in [0.29, 0.717) is 22.6 Å². The zero-order chi connectivity index (χ0) is 29.5. The number of esters is 2. The van der Waals surface area contributed by atoms with Crippen LogP contribution in [-0.2, 0) is 9.47 Å². The molecule has 0 aliphatic carbocycles. The van der Waals surface area contributed by atoms with Gasteiger partial charge in [-0.05, 0) is 65.7 Å². The molecule has 0 fully saturated rings. The number of anilines is 3. The van der Waals surface area contributed by atoms with Crippen LogP contribution in [0.3, 0.4) is 0 Å². The van der Waals surface area contributed by atoms with Crippen molar-refractivity contribution in [2.75, 3.05) is 19.1 Å². The van der Waals surface area contributed by atoms with Gasteiger partial charge < -0.3 is 23.8 Å². The van der Waals surface area contributed by atoms with Crippen molar-refractivity contribution >= 4 is 29.0 Å². The number of cyclic esters (lactones) is 2. The van der Waals surface area contributed by atoms with E-state index in [4.69, 9.17) is 18.9 Å². The van der Waals surface area contributed by atoms with Gasteiger partial charge in [-0.3, -0.25) is 0 Å². The van der Waals surface area contributed by atoms with Crippen molar-refractivity contribution in [3.8, 4) is 11.5 Å². The van der Waals surface area contributed by atoms with E-state index in [0.717, 1.165) is 39.3 Å². The molecule has 2 unspecified atom stereocenters. The molecule has 7 heteroatoms. The minimum Gasteiger partial charge on any atom is -0.493 e. The summed E-state index contributed by atoms with van der Waals surface area (Å²) in [5.74, 6) is 0.320. The first kappa shape index (κ1) is 26.3. The predicted octanol–water partition coefficient (Wildman–Crippen LogP) is 7.69. The third-order valence-corrected chi connectivity index (χ3v) is 7.89. The zero-order valence-electron chi connectivity index (χ0n) is 23.5. The standard InChI is InChI=1S/C36H27NO6/c1-40-31-20-29-30(21-32(31)41-2)36(39)43-34(29)23-14-18-26(19-15-23)37(24-8-4-3-5-9-24)25-16-12-22(13-17-25)33-27-10-6-7-11-28(27)35(38)42-33/h3-21,33-34H,1-2H3. The molecule has 0 saturated carbocycles. The van der Waals surface area contributed by atoms with Crippen molar-refractivity contribution in [2.24, 2.45) is 0 Å². The Balaban J connectivity index is 1.21. The molecule has 0 N–H and O–H groups in total. The molecular weight excluding hydrogens is 542 g/mol. The first-order valence-corrected chi connectivity index (χ1v) is 13.9. The monoisotopic (exact) mass is 569 g/mol. The Morgan fingerprint density at radius 1 is 0.535 bits per heavy atom. The number of hydrogen-bond donors (Lipinski definition) is 0. The first-order chi connectivity index (χ1) is 21.1. The minimum atomic E-state index is -0.558. The highest BCUT2D eigenvalue weighted by molar-refractivity contribution is 5.96. The van der Waals surface area contributed by atoms with E-state index in [2.05, 4.69) is 4.90 Å². The summed E-state index contributed by atoms with van der Waals surface area (Å²) in [6.45, 7) is 0. The third kappa shape index (κ3) is 4.55. The molecule has 0 saturated heterocycles.